The van der Waals surface area contributed by atoms with Gasteiger partial charge >= 0.3 is 0 Å². The van der Waals surface area contributed by atoms with Gasteiger partial charge in [0, 0.05) is 82.5 Å². The Morgan fingerprint density at radius 2 is 0.828 bits per heavy atom. The molecule has 0 radical (unpaired) electrons. The number of hydrogen-bond donors (Lipinski definition) is 0. The van der Waals surface area contributed by atoms with Crippen LogP contribution in [0.5, 0.6) is 0 Å². The highest BCUT2D eigenvalue weighted by atomic mass is 14.9. The SMILES string of the molecule is Cc1ccc(-c2cc3c(c[n+]2C)C(C)(C)CCC3(C)C)c(C)c1.Cc1ccccc1-c1cc2c(c[n+]1C)C(C)(C)CCC2(C)C.[2H]C([2H])([2H])c1ccc(-c2c3c(cc[n+]2C)C2([2H])CCC3([2H])C2(C)C)c(C)c1.[2H]C([2H])([2H])c1ccc(-c2c3c(cc[n+]2C)C2([2H])CCC3([2H])C2)c(C)c1. The molecule has 4 heteroatoms. The lowest BCUT2D eigenvalue weighted by molar-refractivity contribution is -0.661. The van der Waals surface area contributed by atoms with E-state index in [9.17, 15) is 2.74 Å². The summed E-state index contributed by atoms with van der Waals surface area (Å²) in [5.41, 5.74) is 26.1. The number of hydrogen-bond acceptors (Lipinski definition) is 0. The standard InChI is InChI=1S/C22H30N.C21H26N.C21H28N.C19H22N/c1-15-8-9-17(16(2)12-15)20-13-18-19(14-23(20)7)22(5,6)11-10-21(18,3)4;1-13-6-7-15(14(2)12-13)20-19-16(10-11-22(20)5)17-8-9-18(19)21(17,3)4;1-15-9-7-8-10-16(15)19-13-17-18(14-22(19)6)21(4,5)12-11-20(17,2)3;1-12-4-7-16(13(2)10-12)19-18-15-6-5-14(11-15)17(18)8-9-20(19)3/h8-9,12-14H,10-11H2,1-7H3;6-7,10-12,17-18H,8-9H2,1-5H3;7-10,13-14H,11-12H2,1-6H3;4,7-10,14-15H,5-6,11H2,1-3H3/q4*+1/i;1D3,17D,18D;;1D3,14D,15D. The van der Waals surface area contributed by atoms with Crippen LogP contribution in [0.25, 0.3) is 45.0 Å². The number of aryl methyl sites for hydroxylation is 11. The van der Waals surface area contributed by atoms with Gasteiger partial charge in [-0.25, -0.2) is 18.3 Å². The van der Waals surface area contributed by atoms with Gasteiger partial charge in [0.15, 0.2) is 24.8 Å². The first-order chi connectivity index (χ1) is 44.7. The fourth-order valence-electron chi connectivity index (χ4n) is 15.9. The van der Waals surface area contributed by atoms with Crippen LogP contribution in [-0.2, 0) is 49.9 Å². The van der Waals surface area contributed by atoms with E-state index in [0.717, 1.165) is 62.3 Å². The maximum atomic E-state index is 9.36. The summed E-state index contributed by atoms with van der Waals surface area (Å²) in [4.78, 5) is 0. The predicted molar refractivity (Wildman–Crippen MR) is 364 cm³/mol. The van der Waals surface area contributed by atoms with Crippen molar-refractivity contribution in [3.8, 4) is 45.0 Å². The highest BCUT2D eigenvalue weighted by Gasteiger charge is 2.54. The molecule has 454 valence electrons. The van der Waals surface area contributed by atoms with Gasteiger partial charge in [-0.2, -0.15) is 0 Å². The summed E-state index contributed by atoms with van der Waals surface area (Å²) < 4.78 is 90.7. The van der Waals surface area contributed by atoms with E-state index in [1.54, 1.807) is 24.3 Å². The van der Waals surface area contributed by atoms with Crippen molar-refractivity contribution in [2.24, 2.45) is 33.6 Å². The van der Waals surface area contributed by atoms with Gasteiger partial charge in [-0.1, -0.05) is 141 Å². The summed E-state index contributed by atoms with van der Waals surface area (Å²) in [5.74, 6) is -2.92. The largest absolute Gasteiger partial charge is 0.216 e. The van der Waals surface area contributed by atoms with Crippen LogP contribution in [0.2, 0.25) is 0 Å². The van der Waals surface area contributed by atoms with Crippen molar-refractivity contribution < 1.29 is 32.0 Å². The van der Waals surface area contributed by atoms with Crippen molar-refractivity contribution >= 4 is 0 Å². The first-order valence-electron chi connectivity index (χ1n) is 37.3. The molecule has 2 saturated carbocycles. The lowest BCUT2D eigenvalue weighted by Gasteiger charge is -2.40. The number of nitrogens with zero attached hydrogens (tertiary/aromatic N) is 4. The van der Waals surface area contributed by atoms with Gasteiger partial charge in [0.05, 0.1) is 0 Å². The molecule has 0 amide bonds. The van der Waals surface area contributed by atoms with Crippen LogP contribution in [0, 0.1) is 53.7 Å². The van der Waals surface area contributed by atoms with Crippen LogP contribution in [0.4, 0.5) is 0 Å². The molecule has 6 aliphatic carbocycles. The molecule has 4 aromatic heterocycles. The third kappa shape index (κ3) is 11.3. The fourth-order valence-corrected chi connectivity index (χ4v) is 15.9. The average Bonchev–Trinajstić information content (AvgIpc) is 1.50. The Morgan fingerprint density at radius 3 is 1.33 bits per heavy atom. The summed E-state index contributed by atoms with van der Waals surface area (Å²) in [6, 6.07) is 34.9. The molecule has 4 nitrogen and oxygen atoms in total. The van der Waals surface area contributed by atoms with E-state index in [-0.39, 0.29) is 21.7 Å². The molecule has 14 rings (SSSR count). The fraction of sp³-hybridized carbons (Fsp3) is 0.470. The summed E-state index contributed by atoms with van der Waals surface area (Å²) in [7, 11) is 8.29. The zero-order valence-corrected chi connectivity index (χ0v) is 56.3. The normalized spacial score (nSPS) is 26.6. The molecule has 0 aliphatic heterocycles. The average molecular weight is 1170 g/mol. The molecule has 8 aromatic rings. The Bertz CT molecular complexity index is 4470. The Labute approximate surface area is 540 Å². The maximum Gasteiger partial charge on any atom is 0.216 e. The second kappa shape index (κ2) is 22.8. The van der Waals surface area contributed by atoms with Crippen LogP contribution in [0.3, 0.4) is 0 Å². The van der Waals surface area contributed by atoms with Gasteiger partial charge in [0.1, 0.15) is 28.2 Å². The van der Waals surface area contributed by atoms with E-state index < -0.39 is 42.7 Å². The van der Waals surface area contributed by atoms with E-state index in [1.165, 1.54) is 87.1 Å². The van der Waals surface area contributed by atoms with Gasteiger partial charge in [0.2, 0.25) is 22.8 Å². The summed E-state index contributed by atoms with van der Waals surface area (Å²) in [6.07, 6.45) is 17.1. The van der Waals surface area contributed by atoms with Crippen LogP contribution >= 0.6 is 0 Å². The molecule has 6 aliphatic rings. The zero-order chi connectivity index (χ0) is 71.3. The molecule has 4 bridgehead atoms. The molecule has 4 unspecified atom stereocenters. The first kappa shape index (κ1) is 50.4. The molecular formula is C83H106N4+4. The second-order valence-electron chi connectivity index (χ2n) is 30.0. The molecule has 0 saturated heterocycles. The van der Waals surface area contributed by atoms with Crippen molar-refractivity contribution in [2.45, 2.75) is 221 Å². The number of pyridine rings is 4. The van der Waals surface area contributed by atoms with E-state index in [0.29, 0.717) is 36.8 Å². The minimum absolute atomic E-state index is 0.256. The van der Waals surface area contributed by atoms with Crippen molar-refractivity contribution in [2.75, 3.05) is 0 Å². The molecule has 0 N–H and O–H groups in total. The first-order valence-corrected chi connectivity index (χ1v) is 32.3. The van der Waals surface area contributed by atoms with E-state index in [4.69, 9.17) is 11.0 Å². The summed E-state index contributed by atoms with van der Waals surface area (Å²) in [5, 5.41) is 0. The van der Waals surface area contributed by atoms with Gasteiger partial charge in [-0.15, -0.1) is 0 Å². The number of rotatable bonds is 4. The molecule has 2 fully saturated rings. The van der Waals surface area contributed by atoms with E-state index in [2.05, 4.69) is 166 Å². The van der Waals surface area contributed by atoms with E-state index in [1.807, 2.05) is 87.6 Å². The van der Waals surface area contributed by atoms with Crippen LogP contribution < -0.4 is 18.3 Å². The molecular weight excluding hydrogens is 1050 g/mol. The highest BCUT2D eigenvalue weighted by molar-refractivity contribution is 5.71. The third-order valence-electron chi connectivity index (χ3n) is 21.6. The minimum Gasteiger partial charge on any atom is -0.201 e. The highest BCUT2D eigenvalue weighted by Crippen LogP contribution is 2.65. The third-order valence-corrected chi connectivity index (χ3v) is 21.6. The molecule has 0 spiro atoms. The number of fused-ring (bicyclic) bond motifs is 12. The van der Waals surface area contributed by atoms with Crippen molar-refractivity contribution in [3.63, 3.8) is 0 Å². The molecule has 87 heavy (non-hydrogen) atoms. The zero-order valence-electron chi connectivity index (χ0n) is 66.3. The number of benzene rings is 4. The second-order valence-corrected chi connectivity index (χ2v) is 30.0. The van der Waals surface area contributed by atoms with E-state index >= 15 is 0 Å². The lowest BCUT2D eigenvalue weighted by atomic mass is 9.63. The van der Waals surface area contributed by atoms with Crippen LogP contribution in [0.1, 0.15) is 248 Å². The molecule has 4 atom stereocenters. The maximum absolute atomic E-state index is 9.36. The topological polar surface area (TPSA) is 15.5 Å². The predicted octanol–water partition coefficient (Wildman–Crippen LogP) is 18.9. The van der Waals surface area contributed by atoms with Gasteiger partial charge in [-0.05, 0) is 226 Å². The van der Waals surface area contributed by atoms with Gasteiger partial charge in [-0.3, -0.25) is 0 Å². The van der Waals surface area contributed by atoms with Gasteiger partial charge in [0.25, 0.3) is 0 Å². The summed E-state index contributed by atoms with van der Waals surface area (Å²) in [6.45, 7) is 29.4. The van der Waals surface area contributed by atoms with Crippen LogP contribution in [-0.4, -0.2) is 0 Å². The Morgan fingerprint density at radius 1 is 0.402 bits per heavy atom. The Kier molecular flexibility index (Phi) is 13.2. The molecule has 4 aromatic carbocycles. The smallest absolute Gasteiger partial charge is 0.201 e. The molecule has 4 heterocycles. The number of aromatic nitrogens is 4. The summed E-state index contributed by atoms with van der Waals surface area (Å²) >= 11 is 0. The van der Waals surface area contributed by atoms with Gasteiger partial charge < -0.3 is 0 Å². The monoisotopic (exact) mass is 1170 g/mol. The Hall–Kier alpha value is -6.52. The minimum atomic E-state index is -2.13. The van der Waals surface area contributed by atoms with Crippen molar-refractivity contribution in [1.29, 1.82) is 0 Å². The quantitative estimate of drug-likeness (QED) is 0.156. The lowest BCUT2D eigenvalue weighted by Crippen LogP contribution is -2.40. The Balaban J connectivity index is 0.000000132. The van der Waals surface area contributed by atoms with Crippen LogP contribution in [0.15, 0.2) is 128 Å². The van der Waals surface area contributed by atoms with Crippen molar-refractivity contribution in [3.05, 3.63) is 211 Å². The van der Waals surface area contributed by atoms with Crippen molar-refractivity contribution in [1.82, 2.24) is 0 Å².